The molecule has 0 atom stereocenters. The lowest BCUT2D eigenvalue weighted by Crippen LogP contribution is -2.24. The standard InChI is InChI=1S/C10H17N5/c1-10(2)3-4-15(6-10)8-5-7(11)13-9(12)14-8/h5H,3-4,6H2,1-2H3,(H4,11,12,13,14). The van der Waals surface area contributed by atoms with Gasteiger partial charge in [-0.1, -0.05) is 13.8 Å². The van der Waals surface area contributed by atoms with Gasteiger partial charge < -0.3 is 16.4 Å². The molecule has 0 aromatic carbocycles. The maximum atomic E-state index is 5.64. The van der Waals surface area contributed by atoms with Gasteiger partial charge in [0.2, 0.25) is 5.95 Å². The Balaban J connectivity index is 2.24. The van der Waals surface area contributed by atoms with Crippen LogP contribution in [0.15, 0.2) is 6.07 Å². The number of nitrogen functional groups attached to an aromatic ring is 2. The van der Waals surface area contributed by atoms with E-state index in [1.165, 1.54) is 0 Å². The van der Waals surface area contributed by atoms with Gasteiger partial charge in [0.15, 0.2) is 0 Å². The van der Waals surface area contributed by atoms with E-state index in [1.54, 1.807) is 6.07 Å². The minimum Gasteiger partial charge on any atom is -0.383 e. The molecule has 0 bridgehead atoms. The third kappa shape index (κ3) is 2.11. The normalized spacial score (nSPS) is 19.5. The van der Waals surface area contributed by atoms with Crippen molar-refractivity contribution >= 4 is 17.6 Å². The molecule has 2 heterocycles. The summed E-state index contributed by atoms with van der Waals surface area (Å²) in [4.78, 5) is 10.3. The molecule has 2 rings (SSSR count). The molecule has 15 heavy (non-hydrogen) atoms. The van der Waals surface area contributed by atoms with E-state index < -0.39 is 0 Å². The van der Waals surface area contributed by atoms with Crippen molar-refractivity contribution in [1.29, 1.82) is 0 Å². The Morgan fingerprint density at radius 3 is 2.60 bits per heavy atom. The molecule has 4 N–H and O–H groups in total. The van der Waals surface area contributed by atoms with E-state index in [2.05, 4.69) is 28.7 Å². The van der Waals surface area contributed by atoms with Gasteiger partial charge in [0.1, 0.15) is 11.6 Å². The molecular formula is C10H17N5. The number of aromatic nitrogens is 2. The van der Waals surface area contributed by atoms with E-state index >= 15 is 0 Å². The van der Waals surface area contributed by atoms with Crippen molar-refractivity contribution in [3.8, 4) is 0 Å². The van der Waals surface area contributed by atoms with Gasteiger partial charge in [-0.15, -0.1) is 0 Å². The molecular weight excluding hydrogens is 190 g/mol. The van der Waals surface area contributed by atoms with Crippen molar-refractivity contribution in [2.75, 3.05) is 29.5 Å². The molecule has 5 heteroatoms. The quantitative estimate of drug-likeness (QED) is 0.714. The molecule has 1 saturated heterocycles. The van der Waals surface area contributed by atoms with Crippen molar-refractivity contribution in [2.24, 2.45) is 5.41 Å². The van der Waals surface area contributed by atoms with Crippen molar-refractivity contribution in [3.05, 3.63) is 6.07 Å². The molecule has 0 saturated carbocycles. The molecule has 1 aliphatic heterocycles. The minimum absolute atomic E-state index is 0.245. The lowest BCUT2D eigenvalue weighted by molar-refractivity contribution is 0.418. The first-order valence-electron chi connectivity index (χ1n) is 5.11. The maximum Gasteiger partial charge on any atom is 0.223 e. The van der Waals surface area contributed by atoms with Crippen LogP contribution in [0.1, 0.15) is 20.3 Å². The molecule has 0 radical (unpaired) electrons. The van der Waals surface area contributed by atoms with Crippen molar-refractivity contribution < 1.29 is 0 Å². The van der Waals surface area contributed by atoms with Gasteiger partial charge in [-0.3, -0.25) is 0 Å². The SMILES string of the molecule is CC1(C)CCN(c2cc(N)nc(N)n2)C1. The number of nitrogens with zero attached hydrogens (tertiary/aromatic N) is 3. The van der Waals surface area contributed by atoms with Crippen LogP contribution in [0.25, 0.3) is 0 Å². The zero-order chi connectivity index (χ0) is 11.1. The Morgan fingerprint density at radius 2 is 2.07 bits per heavy atom. The van der Waals surface area contributed by atoms with Crippen LogP contribution in [0.4, 0.5) is 17.6 Å². The maximum absolute atomic E-state index is 5.64. The zero-order valence-corrected chi connectivity index (χ0v) is 9.20. The largest absolute Gasteiger partial charge is 0.383 e. The molecule has 1 aliphatic rings. The van der Waals surface area contributed by atoms with Crippen LogP contribution in [-0.4, -0.2) is 23.1 Å². The van der Waals surface area contributed by atoms with Gasteiger partial charge in [-0.25, -0.2) is 0 Å². The first-order valence-corrected chi connectivity index (χ1v) is 5.11. The summed E-state index contributed by atoms with van der Waals surface area (Å²) in [6.07, 6.45) is 1.16. The molecule has 0 unspecified atom stereocenters. The van der Waals surface area contributed by atoms with Gasteiger partial charge >= 0.3 is 0 Å². The fourth-order valence-electron chi connectivity index (χ4n) is 1.94. The lowest BCUT2D eigenvalue weighted by Gasteiger charge is -2.20. The number of anilines is 3. The summed E-state index contributed by atoms with van der Waals surface area (Å²) in [5.41, 5.74) is 11.5. The highest BCUT2D eigenvalue weighted by Crippen LogP contribution is 2.31. The number of hydrogen-bond donors (Lipinski definition) is 2. The average Bonchev–Trinajstić information content (AvgIpc) is 2.44. The van der Waals surface area contributed by atoms with Gasteiger partial charge in [0.05, 0.1) is 0 Å². The summed E-state index contributed by atoms with van der Waals surface area (Å²) < 4.78 is 0. The lowest BCUT2D eigenvalue weighted by atomic mass is 9.93. The molecule has 0 amide bonds. The number of nitrogens with two attached hydrogens (primary N) is 2. The van der Waals surface area contributed by atoms with Gasteiger partial charge in [-0.05, 0) is 11.8 Å². The summed E-state index contributed by atoms with van der Waals surface area (Å²) in [5.74, 6) is 1.52. The van der Waals surface area contributed by atoms with Gasteiger partial charge in [0, 0.05) is 19.2 Å². The second-order valence-electron chi connectivity index (χ2n) is 4.84. The van der Waals surface area contributed by atoms with Gasteiger partial charge in [-0.2, -0.15) is 9.97 Å². The van der Waals surface area contributed by atoms with Crippen LogP contribution in [0, 0.1) is 5.41 Å². The summed E-state index contributed by atoms with van der Waals surface area (Å²) in [6.45, 7) is 6.49. The monoisotopic (exact) mass is 207 g/mol. The number of hydrogen-bond acceptors (Lipinski definition) is 5. The molecule has 0 spiro atoms. The van der Waals surface area contributed by atoms with Crippen LogP contribution < -0.4 is 16.4 Å². The Hall–Kier alpha value is -1.52. The highest BCUT2D eigenvalue weighted by Gasteiger charge is 2.30. The molecule has 1 aromatic rings. The van der Waals surface area contributed by atoms with Crippen LogP contribution >= 0.6 is 0 Å². The fourth-order valence-corrected chi connectivity index (χ4v) is 1.94. The highest BCUT2D eigenvalue weighted by atomic mass is 15.2. The summed E-state index contributed by atoms with van der Waals surface area (Å²) >= 11 is 0. The molecule has 5 nitrogen and oxygen atoms in total. The van der Waals surface area contributed by atoms with E-state index in [0.29, 0.717) is 11.2 Å². The van der Waals surface area contributed by atoms with E-state index in [-0.39, 0.29) is 5.95 Å². The van der Waals surface area contributed by atoms with Crippen molar-refractivity contribution in [3.63, 3.8) is 0 Å². The average molecular weight is 207 g/mol. The van der Waals surface area contributed by atoms with E-state index in [4.69, 9.17) is 11.5 Å². The Kier molecular flexibility index (Phi) is 2.17. The van der Waals surface area contributed by atoms with Crippen LogP contribution in [0.5, 0.6) is 0 Å². The van der Waals surface area contributed by atoms with Crippen LogP contribution in [0.3, 0.4) is 0 Å². The second kappa shape index (κ2) is 3.25. The van der Waals surface area contributed by atoms with Crippen LogP contribution in [-0.2, 0) is 0 Å². The molecule has 0 aliphatic carbocycles. The topological polar surface area (TPSA) is 81.1 Å². The van der Waals surface area contributed by atoms with E-state index in [1.807, 2.05) is 0 Å². The predicted octanol–water partition coefficient (Wildman–Crippen LogP) is 0.877. The third-order valence-electron chi connectivity index (χ3n) is 2.75. The second-order valence-corrected chi connectivity index (χ2v) is 4.84. The molecule has 82 valence electrons. The predicted molar refractivity (Wildman–Crippen MR) is 61.5 cm³/mol. The number of rotatable bonds is 1. The van der Waals surface area contributed by atoms with Crippen molar-refractivity contribution in [1.82, 2.24) is 9.97 Å². The Morgan fingerprint density at radius 1 is 1.33 bits per heavy atom. The highest BCUT2D eigenvalue weighted by molar-refractivity contribution is 5.51. The summed E-state index contributed by atoms with van der Waals surface area (Å²) in [7, 11) is 0. The van der Waals surface area contributed by atoms with E-state index in [9.17, 15) is 0 Å². The Bertz CT molecular complexity index is 354. The van der Waals surface area contributed by atoms with E-state index in [0.717, 1.165) is 25.3 Å². The third-order valence-corrected chi connectivity index (χ3v) is 2.75. The first kappa shape index (κ1) is 10.0. The fraction of sp³-hybridized carbons (Fsp3) is 0.600. The zero-order valence-electron chi connectivity index (χ0n) is 9.20. The molecule has 1 aromatic heterocycles. The summed E-state index contributed by atoms with van der Waals surface area (Å²) in [6, 6.07) is 1.78. The molecule has 1 fully saturated rings. The smallest absolute Gasteiger partial charge is 0.223 e. The van der Waals surface area contributed by atoms with Gasteiger partial charge in [0.25, 0.3) is 0 Å². The minimum atomic E-state index is 0.245. The van der Waals surface area contributed by atoms with Crippen LogP contribution in [0.2, 0.25) is 0 Å². The Labute approximate surface area is 89.5 Å². The first-order chi connectivity index (χ1) is 6.96. The van der Waals surface area contributed by atoms with Crippen molar-refractivity contribution in [2.45, 2.75) is 20.3 Å². The summed E-state index contributed by atoms with van der Waals surface area (Å²) in [5, 5.41) is 0.